The van der Waals surface area contributed by atoms with E-state index in [0.717, 1.165) is 28.0 Å². The van der Waals surface area contributed by atoms with Crippen LogP contribution < -0.4 is 11.1 Å². The first-order valence-corrected chi connectivity index (χ1v) is 6.20. The number of hydrogen-bond acceptors (Lipinski definition) is 3. The van der Waals surface area contributed by atoms with Gasteiger partial charge in [-0.2, -0.15) is 0 Å². The van der Waals surface area contributed by atoms with Gasteiger partial charge in [0.15, 0.2) is 0 Å². The fraction of sp³-hybridized carbons (Fsp3) is 0.0625. The Hall–Kier alpha value is -2.55. The van der Waals surface area contributed by atoms with Gasteiger partial charge in [0.25, 0.3) is 0 Å². The van der Waals surface area contributed by atoms with Crippen LogP contribution in [0.4, 0.5) is 17.1 Å². The van der Waals surface area contributed by atoms with Crippen molar-refractivity contribution in [1.29, 1.82) is 0 Å². The molecule has 0 saturated carbocycles. The molecule has 3 heteroatoms. The van der Waals surface area contributed by atoms with Crippen LogP contribution in [0.25, 0.3) is 10.9 Å². The summed E-state index contributed by atoms with van der Waals surface area (Å²) >= 11 is 0. The van der Waals surface area contributed by atoms with Gasteiger partial charge in [-0.3, -0.25) is 4.98 Å². The van der Waals surface area contributed by atoms with E-state index in [1.54, 1.807) is 6.20 Å². The Morgan fingerprint density at radius 2 is 1.95 bits per heavy atom. The summed E-state index contributed by atoms with van der Waals surface area (Å²) in [6, 6.07) is 16.0. The highest BCUT2D eigenvalue weighted by molar-refractivity contribution is 5.94. The molecule has 0 aliphatic carbocycles. The van der Waals surface area contributed by atoms with Crippen LogP contribution in [0.1, 0.15) is 5.56 Å². The van der Waals surface area contributed by atoms with Crippen molar-refractivity contribution in [3.8, 4) is 0 Å². The maximum absolute atomic E-state index is 5.79. The second-order valence-corrected chi connectivity index (χ2v) is 4.63. The summed E-state index contributed by atoms with van der Waals surface area (Å²) < 4.78 is 0. The summed E-state index contributed by atoms with van der Waals surface area (Å²) in [7, 11) is 0. The van der Waals surface area contributed by atoms with Crippen molar-refractivity contribution in [1.82, 2.24) is 4.98 Å². The van der Waals surface area contributed by atoms with Gasteiger partial charge in [-0.15, -0.1) is 0 Å². The molecule has 3 N–H and O–H groups in total. The minimum atomic E-state index is 0.729. The normalized spacial score (nSPS) is 10.6. The standard InChI is InChI=1S/C16H15N3/c1-11-3-2-4-13(9-11)19-15-7-8-18-16-10-12(17)5-6-14(15)16/h2-10H,17H2,1H3,(H,18,19). The lowest BCUT2D eigenvalue weighted by molar-refractivity contribution is 1.40. The van der Waals surface area contributed by atoms with Crippen molar-refractivity contribution in [2.45, 2.75) is 6.92 Å². The van der Waals surface area contributed by atoms with Gasteiger partial charge in [0.2, 0.25) is 0 Å². The first-order valence-electron chi connectivity index (χ1n) is 6.20. The number of benzene rings is 2. The molecule has 1 aromatic heterocycles. The first-order chi connectivity index (χ1) is 9.22. The van der Waals surface area contributed by atoms with Crippen molar-refractivity contribution in [2.24, 2.45) is 0 Å². The number of aryl methyl sites for hydroxylation is 1. The van der Waals surface area contributed by atoms with Gasteiger partial charge in [0.1, 0.15) is 0 Å². The Kier molecular flexibility index (Phi) is 2.80. The fourth-order valence-corrected chi connectivity index (χ4v) is 2.15. The Balaban J connectivity index is 2.06. The molecule has 0 bridgehead atoms. The predicted molar refractivity (Wildman–Crippen MR) is 80.6 cm³/mol. The first kappa shape index (κ1) is 11.5. The van der Waals surface area contributed by atoms with Crippen LogP contribution in [0, 0.1) is 6.92 Å². The molecule has 0 spiro atoms. The number of nitrogens with zero attached hydrogens (tertiary/aromatic N) is 1. The van der Waals surface area contributed by atoms with Gasteiger partial charge in [-0.05, 0) is 48.9 Å². The molecule has 0 aliphatic heterocycles. The third-order valence-corrected chi connectivity index (χ3v) is 3.06. The number of fused-ring (bicyclic) bond motifs is 1. The fourth-order valence-electron chi connectivity index (χ4n) is 2.15. The predicted octanol–water partition coefficient (Wildman–Crippen LogP) is 3.87. The van der Waals surface area contributed by atoms with Gasteiger partial charge in [-0.25, -0.2) is 0 Å². The molecule has 1 heterocycles. The number of rotatable bonds is 2. The van der Waals surface area contributed by atoms with Crippen LogP contribution in [0.2, 0.25) is 0 Å². The summed E-state index contributed by atoms with van der Waals surface area (Å²) in [6.07, 6.45) is 1.79. The third kappa shape index (κ3) is 2.36. The minimum absolute atomic E-state index is 0.729. The zero-order valence-electron chi connectivity index (χ0n) is 10.7. The molecule has 3 nitrogen and oxygen atoms in total. The number of nitrogens with two attached hydrogens (primary N) is 1. The molecule has 2 aromatic carbocycles. The number of nitrogens with one attached hydrogen (secondary N) is 1. The van der Waals surface area contributed by atoms with Gasteiger partial charge in [0, 0.05) is 28.6 Å². The lowest BCUT2D eigenvalue weighted by Crippen LogP contribution is -1.93. The maximum atomic E-state index is 5.79. The van der Waals surface area contributed by atoms with E-state index in [1.165, 1.54) is 5.56 Å². The van der Waals surface area contributed by atoms with Crippen molar-refractivity contribution in [3.63, 3.8) is 0 Å². The topological polar surface area (TPSA) is 50.9 Å². The largest absolute Gasteiger partial charge is 0.399 e. The van der Waals surface area contributed by atoms with Gasteiger partial charge in [0.05, 0.1) is 5.52 Å². The van der Waals surface area contributed by atoms with Crippen molar-refractivity contribution < 1.29 is 0 Å². The average molecular weight is 249 g/mol. The molecule has 0 unspecified atom stereocenters. The molecular formula is C16H15N3. The lowest BCUT2D eigenvalue weighted by atomic mass is 10.1. The van der Waals surface area contributed by atoms with Crippen LogP contribution >= 0.6 is 0 Å². The highest BCUT2D eigenvalue weighted by Crippen LogP contribution is 2.26. The van der Waals surface area contributed by atoms with Crippen LogP contribution in [-0.4, -0.2) is 4.98 Å². The van der Waals surface area contributed by atoms with Crippen molar-refractivity contribution in [2.75, 3.05) is 11.1 Å². The Morgan fingerprint density at radius 3 is 2.79 bits per heavy atom. The summed E-state index contributed by atoms with van der Waals surface area (Å²) in [5.41, 5.74) is 10.8. The molecule has 0 fully saturated rings. The van der Waals surface area contributed by atoms with Gasteiger partial charge in [-0.1, -0.05) is 12.1 Å². The second kappa shape index (κ2) is 4.61. The SMILES string of the molecule is Cc1cccc(Nc2ccnc3cc(N)ccc23)c1. The molecule has 19 heavy (non-hydrogen) atoms. The Morgan fingerprint density at radius 1 is 1.05 bits per heavy atom. The van der Waals surface area contributed by atoms with E-state index in [1.807, 2.05) is 30.3 Å². The molecule has 3 rings (SSSR count). The van der Waals surface area contributed by atoms with Crippen LogP contribution in [0.3, 0.4) is 0 Å². The van der Waals surface area contributed by atoms with Crippen LogP contribution in [0.5, 0.6) is 0 Å². The molecule has 0 aliphatic rings. The summed E-state index contributed by atoms with van der Waals surface area (Å²) in [4.78, 5) is 4.34. The quantitative estimate of drug-likeness (QED) is 0.678. The van der Waals surface area contributed by atoms with E-state index in [9.17, 15) is 0 Å². The van der Waals surface area contributed by atoms with Gasteiger partial charge >= 0.3 is 0 Å². The summed E-state index contributed by atoms with van der Waals surface area (Å²) in [6.45, 7) is 2.08. The van der Waals surface area contributed by atoms with E-state index in [4.69, 9.17) is 5.73 Å². The van der Waals surface area contributed by atoms with Crippen LogP contribution in [-0.2, 0) is 0 Å². The third-order valence-electron chi connectivity index (χ3n) is 3.06. The molecule has 3 aromatic rings. The van der Waals surface area contributed by atoms with E-state index in [2.05, 4.69) is 35.4 Å². The van der Waals surface area contributed by atoms with E-state index < -0.39 is 0 Å². The molecule has 0 atom stereocenters. The zero-order valence-corrected chi connectivity index (χ0v) is 10.7. The Bertz CT molecular complexity index is 735. The number of nitrogen functional groups attached to an aromatic ring is 1. The number of hydrogen-bond donors (Lipinski definition) is 2. The Labute approximate surface area is 112 Å². The van der Waals surface area contributed by atoms with E-state index >= 15 is 0 Å². The number of pyridine rings is 1. The number of anilines is 3. The summed E-state index contributed by atoms with van der Waals surface area (Å²) in [5, 5.41) is 4.49. The highest BCUT2D eigenvalue weighted by atomic mass is 14.9. The average Bonchev–Trinajstić information content (AvgIpc) is 2.38. The zero-order chi connectivity index (χ0) is 13.2. The molecule has 94 valence electrons. The smallest absolute Gasteiger partial charge is 0.0743 e. The maximum Gasteiger partial charge on any atom is 0.0743 e. The highest BCUT2D eigenvalue weighted by Gasteiger charge is 2.02. The lowest BCUT2D eigenvalue weighted by Gasteiger charge is -2.10. The molecule has 0 radical (unpaired) electrons. The van der Waals surface area contributed by atoms with Gasteiger partial charge < -0.3 is 11.1 Å². The van der Waals surface area contributed by atoms with Crippen molar-refractivity contribution in [3.05, 3.63) is 60.3 Å². The van der Waals surface area contributed by atoms with E-state index in [0.29, 0.717) is 0 Å². The van der Waals surface area contributed by atoms with Crippen LogP contribution in [0.15, 0.2) is 54.7 Å². The molecule has 0 saturated heterocycles. The van der Waals surface area contributed by atoms with Crippen molar-refractivity contribution >= 4 is 28.0 Å². The summed E-state index contributed by atoms with van der Waals surface area (Å²) in [5.74, 6) is 0. The monoisotopic (exact) mass is 249 g/mol. The number of aromatic nitrogens is 1. The minimum Gasteiger partial charge on any atom is -0.399 e. The van der Waals surface area contributed by atoms with E-state index in [-0.39, 0.29) is 0 Å². The molecular weight excluding hydrogens is 234 g/mol. The molecule has 0 amide bonds. The second-order valence-electron chi connectivity index (χ2n) is 4.63.